The molecule has 0 saturated carbocycles. The van der Waals surface area contributed by atoms with Gasteiger partial charge in [-0.2, -0.15) is 0 Å². The van der Waals surface area contributed by atoms with Gasteiger partial charge in [0.2, 0.25) is 0 Å². The van der Waals surface area contributed by atoms with E-state index in [1.54, 1.807) is 7.11 Å². The predicted octanol–water partition coefficient (Wildman–Crippen LogP) is 1.59. The molecule has 1 aliphatic heterocycles. The third-order valence-electron chi connectivity index (χ3n) is 3.75. The number of urea groups is 1. The molecule has 1 fully saturated rings. The zero-order valence-corrected chi connectivity index (χ0v) is 13.7. The molecule has 1 aromatic rings. The summed E-state index contributed by atoms with van der Waals surface area (Å²) in [7, 11) is 1.63. The number of nitrogens with zero attached hydrogens (tertiary/aromatic N) is 2. The van der Waals surface area contributed by atoms with Crippen LogP contribution in [0.25, 0.3) is 0 Å². The standard InChI is InChI=1S/C17H25N3O3/c1-3-9-19-10-12-20(13-11-19)17(21)18-8-14-23-16-6-4-15(22-2)5-7-16/h3-7H,1,8-14H2,2H3,(H,18,21). The van der Waals surface area contributed by atoms with Crippen LogP contribution in [-0.2, 0) is 0 Å². The molecule has 1 N–H and O–H groups in total. The van der Waals surface area contributed by atoms with Crippen LogP contribution < -0.4 is 14.8 Å². The number of carbonyl (C=O) groups is 1. The van der Waals surface area contributed by atoms with Crippen molar-refractivity contribution < 1.29 is 14.3 Å². The van der Waals surface area contributed by atoms with E-state index in [1.165, 1.54) is 0 Å². The van der Waals surface area contributed by atoms with Crippen molar-refractivity contribution in [3.05, 3.63) is 36.9 Å². The summed E-state index contributed by atoms with van der Waals surface area (Å²) in [5.74, 6) is 1.55. The number of rotatable bonds is 7. The highest BCUT2D eigenvalue weighted by Crippen LogP contribution is 2.16. The van der Waals surface area contributed by atoms with Crippen LogP contribution >= 0.6 is 0 Å². The molecule has 126 valence electrons. The second kappa shape index (κ2) is 9.05. The Morgan fingerprint density at radius 1 is 1.22 bits per heavy atom. The molecule has 0 aromatic heterocycles. The van der Waals surface area contributed by atoms with Gasteiger partial charge in [0.15, 0.2) is 0 Å². The lowest BCUT2D eigenvalue weighted by Crippen LogP contribution is -2.52. The maximum atomic E-state index is 12.1. The molecule has 0 spiro atoms. The Hall–Kier alpha value is -2.21. The van der Waals surface area contributed by atoms with E-state index in [4.69, 9.17) is 9.47 Å². The van der Waals surface area contributed by atoms with E-state index >= 15 is 0 Å². The summed E-state index contributed by atoms with van der Waals surface area (Å²) in [6.45, 7) is 8.82. The number of hydrogen-bond acceptors (Lipinski definition) is 4. The van der Waals surface area contributed by atoms with Crippen LogP contribution in [0.4, 0.5) is 4.79 Å². The summed E-state index contributed by atoms with van der Waals surface area (Å²) in [4.78, 5) is 16.2. The maximum absolute atomic E-state index is 12.1. The minimum atomic E-state index is -0.0263. The zero-order valence-electron chi connectivity index (χ0n) is 13.7. The number of amides is 2. The highest BCUT2D eigenvalue weighted by molar-refractivity contribution is 5.74. The molecule has 2 amide bonds. The zero-order chi connectivity index (χ0) is 16.5. The fraction of sp³-hybridized carbons (Fsp3) is 0.471. The van der Waals surface area contributed by atoms with E-state index in [1.807, 2.05) is 35.2 Å². The normalized spacial score (nSPS) is 15.1. The Kier molecular flexibility index (Phi) is 6.75. The predicted molar refractivity (Wildman–Crippen MR) is 90.1 cm³/mol. The van der Waals surface area contributed by atoms with E-state index in [-0.39, 0.29) is 6.03 Å². The van der Waals surface area contributed by atoms with Gasteiger partial charge in [-0.05, 0) is 24.3 Å². The van der Waals surface area contributed by atoms with Crippen LogP contribution in [0, 0.1) is 0 Å². The van der Waals surface area contributed by atoms with Crippen LogP contribution in [0.3, 0.4) is 0 Å². The molecule has 2 rings (SSSR count). The van der Waals surface area contributed by atoms with Gasteiger partial charge in [-0.3, -0.25) is 4.90 Å². The first-order valence-corrected chi connectivity index (χ1v) is 7.86. The van der Waals surface area contributed by atoms with Gasteiger partial charge in [-0.25, -0.2) is 4.79 Å². The van der Waals surface area contributed by atoms with Crippen molar-refractivity contribution in [2.24, 2.45) is 0 Å². The number of ether oxygens (including phenoxy) is 2. The van der Waals surface area contributed by atoms with Gasteiger partial charge in [0.05, 0.1) is 13.7 Å². The summed E-state index contributed by atoms with van der Waals surface area (Å²) in [6.07, 6.45) is 1.90. The third kappa shape index (κ3) is 5.49. The SMILES string of the molecule is C=CCN1CCN(C(=O)NCCOc2ccc(OC)cc2)CC1. The summed E-state index contributed by atoms with van der Waals surface area (Å²) < 4.78 is 10.7. The number of hydrogen-bond donors (Lipinski definition) is 1. The van der Waals surface area contributed by atoms with Crippen molar-refractivity contribution in [3.63, 3.8) is 0 Å². The molecule has 0 aliphatic carbocycles. The number of benzene rings is 1. The topological polar surface area (TPSA) is 54.0 Å². The number of nitrogens with one attached hydrogen (secondary N) is 1. The monoisotopic (exact) mass is 319 g/mol. The van der Waals surface area contributed by atoms with Gasteiger partial charge in [0.1, 0.15) is 18.1 Å². The van der Waals surface area contributed by atoms with E-state index in [2.05, 4.69) is 16.8 Å². The molecular formula is C17H25N3O3. The van der Waals surface area contributed by atoms with Crippen molar-refractivity contribution >= 4 is 6.03 Å². The molecule has 0 atom stereocenters. The Bertz CT molecular complexity index is 496. The quantitative estimate of drug-likeness (QED) is 0.612. The van der Waals surface area contributed by atoms with Gasteiger partial charge >= 0.3 is 6.03 Å². The first kappa shape index (κ1) is 17.1. The van der Waals surface area contributed by atoms with Crippen molar-refractivity contribution in [2.45, 2.75) is 0 Å². The lowest BCUT2D eigenvalue weighted by atomic mass is 10.3. The minimum Gasteiger partial charge on any atom is -0.497 e. The summed E-state index contributed by atoms with van der Waals surface area (Å²) >= 11 is 0. The van der Waals surface area contributed by atoms with Crippen LogP contribution in [0.1, 0.15) is 0 Å². The average Bonchev–Trinajstić information content (AvgIpc) is 2.60. The molecule has 0 radical (unpaired) electrons. The highest BCUT2D eigenvalue weighted by atomic mass is 16.5. The second-order valence-electron chi connectivity index (χ2n) is 5.33. The van der Waals surface area contributed by atoms with Crippen molar-refractivity contribution in [2.75, 3.05) is 53.0 Å². The molecule has 6 heteroatoms. The highest BCUT2D eigenvalue weighted by Gasteiger charge is 2.19. The first-order chi connectivity index (χ1) is 11.2. The van der Waals surface area contributed by atoms with E-state index in [0.29, 0.717) is 13.2 Å². The van der Waals surface area contributed by atoms with E-state index < -0.39 is 0 Å². The van der Waals surface area contributed by atoms with Crippen LogP contribution in [0.2, 0.25) is 0 Å². The Morgan fingerprint density at radius 2 is 1.87 bits per heavy atom. The molecule has 0 unspecified atom stereocenters. The van der Waals surface area contributed by atoms with E-state index in [0.717, 1.165) is 44.2 Å². The molecule has 6 nitrogen and oxygen atoms in total. The van der Waals surface area contributed by atoms with E-state index in [9.17, 15) is 4.79 Å². The fourth-order valence-corrected chi connectivity index (χ4v) is 2.43. The van der Waals surface area contributed by atoms with Crippen molar-refractivity contribution in [1.82, 2.24) is 15.1 Å². The van der Waals surface area contributed by atoms with Crippen molar-refractivity contribution in [3.8, 4) is 11.5 Å². The van der Waals surface area contributed by atoms with Gasteiger partial charge < -0.3 is 19.7 Å². The molecule has 23 heavy (non-hydrogen) atoms. The van der Waals surface area contributed by atoms with Gasteiger partial charge in [0.25, 0.3) is 0 Å². The van der Waals surface area contributed by atoms with Crippen LogP contribution in [0.5, 0.6) is 11.5 Å². The largest absolute Gasteiger partial charge is 0.497 e. The number of methoxy groups -OCH3 is 1. The summed E-state index contributed by atoms with van der Waals surface area (Å²) in [5, 5.41) is 2.89. The average molecular weight is 319 g/mol. The lowest BCUT2D eigenvalue weighted by Gasteiger charge is -2.34. The molecule has 1 saturated heterocycles. The minimum absolute atomic E-state index is 0.0263. The molecule has 1 heterocycles. The lowest BCUT2D eigenvalue weighted by molar-refractivity contribution is 0.145. The first-order valence-electron chi connectivity index (χ1n) is 7.86. The summed E-state index contributed by atoms with van der Waals surface area (Å²) in [5.41, 5.74) is 0. The maximum Gasteiger partial charge on any atom is 0.317 e. The van der Waals surface area contributed by atoms with Gasteiger partial charge in [-0.15, -0.1) is 6.58 Å². The third-order valence-corrected chi connectivity index (χ3v) is 3.75. The molecule has 1 aliphatic rings. The van der Waals surface area contributed by atoms with Gasteiger partial charge in [-0.1, -0.05) is 6.08 Å². The molecule has 0 bridgehead atoms. The number of piperazine rings is 1. The number of carbonyl (C=O) groups excluding carboxylic acids is 1. The van der Waals surface area contributed by atoms with Gasteiger partial charge in [0, 0.05) is 32.7 Å². The Balaban J connectivity index is 1.62. The van der Waals surface area contributed by atoms with Crippen LogP contribution in [-0.4, -0.2) is 68.8 Å². The Morgan fingerprint density at radius 3 is 2.48 bits per heavy atom. The Labute approximate surface area is 137 Å². The molecule has 1 aromatic carbocycles. The van der Waals surface area contributed by atoms with Crippen LogP contribution in [0.15, 0.2) is 36.9 Å². The summed E-state index contributed by atoms with van der Waals surface area (Å²) in [6, 6.07) is 7.35. The second-order valence-corrected chi connectivity index (χ2v) is 5.33. The fourth-order valence-electron chi connectivity index (χ4n) is 2.43. The smallest absolute Gasteiger partial charge is 0.317 e. The molecular weight excluding hydrogens is 294 g/mol. The van der Waals surface area contributed by atoms with Crippen molar-refractivity contribution in [1.29, 1.82) is 0 Å².